The lowest BCUT2D eigenvalue weighted by atomic mass is 9.84. The second-order valence-electron chi connectivity index (χ2n) is 10.5. The molecule has 1 atom stereocenters. The molecule has 0 radical (unpaired) electrons. The van der Waals surface area contributed by atoms with Crippen molar-refractivity contribution in [1.82, 2.24) is 14.7 Å². The van der Waals surface area contributed by atoms with Crippen LogP contribution in [0.1, 0.15) is 44.7 Å². The number of rotatable bonds is 9. The Balaban J connectivity index is 1.48. The van der Waals surface area contributed by atoms with E-state index in [4.69, 9.17) is 9.47 Å². The maximum Gasteiger partial charge on any atom is 0.327 e. The van der Waals surface area contributed by atoms with Crippen LogP contribution in [0, 0.1) is 5.92 Å². The molecule has 4 rings (SSSR count). The highest BCUT2D eigenvalue weighted by Crippen LogP contribution is 2.39. The van der Waals surface area contributed by atoms with Gasteiger partial charge in [-0.25, -0.2) is 4.79 Å². The van der Waals surface area contributed by atoms with E-state index in [0.29, 0.717) is 25.4 Å². The van der Waals surface area contributed by atoms with Crippen LogP contribution in [0.4, 0.5) is 4.79 Å². The van der Waals surface area contributed by atoms with Crippen molar-refractivity contribution in [1.29, 1.82) is 0 Å². The van der Waals surface area contributed by atoms with Gasteiger partial charge in [-0.05, 0) is 67.5 Å². The lowest BCUT2D eigenvalue weighted by Crippen LogP contribution is -2.58. The highest BCUT2D eigenvalue weighted by molar-refractivity contribution is 6.07. The van der Waals surface area contributed by atoms with E-state index < -0.39 is 5.54 Å². The molecule has 0 aromatic heterocycles. The van der Waals surface area contributed by atoms with Gasteiger partial charge in [0.2, 0.25) is 0 Å². The van der Waals surface area contributed by atoms with Crippen LogP contribution in [0.5, 0.6) is 11.5 Å². The Hall–Kier alpha value is -3.06. The molecule has 0 N–H and O–H groups in total. The number of piperidine rings is 1. The Morgan fingerprint density at radius 3 is 2.17 bits per heavy atom. The summed E-state index contributed by atoms with van der Waals surface area (Å²) in [6.07, 6.45) is 2.23. The number of imide groups is 1. The summed E-state index contributed by atoms with van der Waals surface area (Å²) in [5.41, 5.74) is 1.41. The second-order valence-corrected chi connectivity index (χ2v) is 10.5. The summed E-state index contributed by atoms with van der Waals surface area (Å²) in [7, 11) is 3.31. The highest BCUT2D eigenvalue weighted by Gasteiger charge is 2.57. The van der Waals surface area contributed by atoms with Crippen LogP contribution in [-0.2, 0) is 17.8 Å². The quantitative estimate of drug-likeness (QED) is 0.478. The topological polar surface area (TPSA) is 62.3 Å². The number of methoxy groups -OCH3 is 2. The van der Waals surface area contributed by atoms with E-state index in [0.717, 1.165) is 36.6 Å². The number of hydrogen-bond acceptors (Lipinski definition) is 5. The van der Waals surface area contributed by atoms with E-state index in [2.05, 4.69) is 37.8 Å². The van der Waals surface area contributed by atoms with Crippen molar-refractivity contribution in [3.8, 4) is 11.5 Å². The van der Waals surface area contributed by atoms with E-state index in [1.807, 2.05) is 41.3 Å². The highest BCUT2D eigenvalue weighted by atomic mass is 16.5. The molecule has 2 aliphatic heterocycles. The lowest BCUT2D eigenvalue weighted by Gasteiger charge is -2.44. The third kappa shape index (κ3) is 5.21. The first-order chi connectivity index (χ1) is 17.3. The molecular formula is C29H39N3O4. The molecule has 2 aromatic rings. The number of carbonyl (C=O) groups excluding carboxylic acids is 2. The first-order valence-electron chi connectivity index (χ1n) is 12.9. The Morgan fingerprint density at radius 1 is 0.889 bits per heavy atom. The van der Waals surface area contributed by atoms with Gasteiger partial charge in [-0.15, -0.1) is 0 Å². The number of ether oxygens (including phenoxy) is 2. The monoisotopic (exact) mass is 493 g/mol. The predicted molar refractivity (Wildman–Crippen MR) is 140 cm³/mol. The van der Waals surface area contributed by atoms with E-state index >= 15 is 0 Å². The van der Waals surface area contributed by atoms with E-state index in [-0.39, 0.29) is 24.4 Å². The van der Waals surface area contributed by atoms with Gasteiger partial charge < -0.3 is 19.3 Å². The van der Waals surface area contributed by atoms with Gasteiger partial charge in [0, 0.05) is 25.7 Å². The number of amides is 3. The summed E-state index contributed by atoms with van der Waals surface area (Å²) in [6.45, 7) is 8.88. The normalized spacial score (nSPS) is 18.8. The van der Waals surface area contributed by atoms with Crippen LogP contribution in [0.15, 0.2) is 48.5 Å². The first kappa shape index (κ1) is 26.0. The van der Waals surface area contributed by atoms with Crippen LogP contribution in [-0.4, -0.2) is 72.1 Å². The lowest BCUT2D eigenvalue weighted by molar-refractivity contribution is -0.136. The van der Waals surface area contributed by atoms with E-state index in [1.54, 1.807) is 14.2 Å². The number of hydrogen-bond donors (Lipinski definition) is 0. The molecule has 2 aromatic carbocycles. The minimum Gasteiger partial charge on any atom is -0.497 e. The number of benzene rings is 2. The molecule has 0 aliphatic carbocycles. The largest absolute Gasteiger partial charge is 0.497 e. The van der Waals surface area contributed by atoms with Gasteiger partial charge in [0.1, 0.15) is 17.0 Å². The first-order valence-corrected chi connectivity index (χ1v) is 12.9. The molecule has 194 valence electrons. The molecule has 3 amide bonds. The zero-order valence-corrected chi connectivity index (χ0v) is 22.2. The summed E-state index contributed by atoms with van der Waals surface area (Å²) in [5, 5.41) is 0. The summed E-state index contributed by atoms with van der Waals surface area (Å²) < 4.78 is 10.6. The molecule has 0 bridgehead atoms. The molecule has 7 heteroatoms. The van der Waals surface area contributed by atoms with Gasteiger partial charge in [-0.3, -0.25) is 9.69 Å². The molecule has 2 saturated heterocycles. The second kappa shape index (κ2) is 10.9. The Labute approximate surface area is 215 Å². The number of likely N-dealkylation sites (tertiary alicyclic amines) is 1. The predicted octanol–water partition coefficient (Wildman–Crippen LogP) is 4.59. The maximum atomic E-state index is 13.9. The van der Waals surface area contributed by atoms with Crippen LogP contribution < -0.4 is 9.47 Å². The average molecular weight is 494 g/mol. The molecule has 36 heavy (non-hydrogen) atoms. The molecule has 2 aliphatic rings. The molecule has 0 saturated carbocycles. The molecule has 0 unspecified atom stereocenters. The van der Waals surface area contributed by atoms with Crippen molar-refractivity contribution in [2.24, 2.45) is 5.92 Å². The van der Waals surface area contributed by atoms with Crippen molar-refractivity contribution < 1.29 is 19.1 Å². The van der Waals surface area contributed by atoms with Gasteiger partial charge in [0.25, 0.3) is 5.91 Å². The minimum atomic E-state index is -0.750. The molecule has 7 nitrogen and oxygen atoms in total. The van der Waals surface area contributed by atoms with Crippen LogP contribution in [0.25, 0.3) is 0 Å². The SMILES string of the molecule is COc1ccc(CN2C(=O)N(CC(C)C)C3(CCN([C@H](C)Cc4cccc(OC)c4)CC3)C2=O)cc1. The van der Waals surface area contributed by atoms with Gasteiger partial charge in [-0.2, -0.15) is 0 Å². The smallest absolute Gasteiger partial charge is 0.327 e. The van der Waals surface area contributed by atoms with Crippen molar-refractivity contribution in [3.63, 3.8) is 0 Å². The van der Waals surface area contributed by atoms with E-state index in [9.17, 15) is 9.59 Å². The number of nitrogens with zero attached hydrogens (tertiary/aromatic N) is 3. The third-order valence-electron chi connectivity index (χ3n) is 7.58. The summed E-state index contributed by atoms with van der Waals surface area (Å²) in [4.78, 5) is 33.2. The average Bonchev–Trinajstić information content (AvgIpc) is 3.06. The molecule has 2 heterocycles. The molecular weight excluding hydrogens is 454 g/mol. The Morgan fingerprint density at radius 2 is 1.56 bits per heavy atom. The van der Waals surface area contributed by atoms with Crippen molar-refractivity contribution in [2.75, 3.05) is 33.9 Å². The van der Waals surface area contributed by atoms with Gasteiger partial charge in [0.15, 0.2) is 0 Å². The zero-order chi connectivity index (χ0) is 25.9. The third-order valence-corrected chi connectivity index (χ3v) is 7.58. The minimum absolute atomic E-state index is 0.0518. The standard InChI is InChI=1S/C29H39N3O4/c1-21(2)19-32-28(34)31(20-23-9-11-25(35-4)12-10-23)27(33)29(32)13-15-30(16-14-29)22(3)17-24-7-6-8-26(18-24)36-5/h6-12,18,21-22H,13-17,19-20H2,1-5H3/t22-/m1/s1. The van der Waals surface area contributed by atoms with Crippen molar-refractivity contribution in [2.45, 2.75) is 58.2 Å². The molecule has 2 fully saturated rings. The van der Waals surface area contributed by atoms with Crippen molar-refractivity contribution >= 4 is 11.9 Å². The van der Waals surface area contributed by atoms with Gasteiger partial charge in [0.05, 0.1) is 20.8 Å². The van der Waals surface area contributed by atoms with Crippen LogP contribution >= 0.6 is 0 Å². The van der Waals surface area contributed by atoms with E-state index in [1.165, 1.54) is 10.5 Å². The zero-order valence-electron chi connectivity index (χ0n) is 22.2. The fourth-order valence-corrected chi connectivity index (χ4v) is 5.54. The van der Waals surface area contributed by atoms with Crippen LogP contribution in [0.2, 0.25) is 0 Å². The fraction of sp³-hybridized carbons (Fsp3) is 0.517. The Bertz CT molecular complexity index is 1060. The van der Waals surface area contributed by atoms with Gasteiger partial charge in [-0.1, -0.05) is 38.1 Å². The van der Waals surface area contributed by atoms with Crippen LogP contribution in [0.3, 0.4) is 0 Å². The van der Waals surface area contributed by atoms with Gasteiger partial charge >= 0.3 is 6.03 Å². The summed E-state index contributed by atoms with van der Waals surface area (Å²) in [6, 6.07) is 15.9. The maximum absolute atomic E-state index is 13.9. The number of urea groups is 1. The Kier molecular flexibility index (Phi) is 7.88. The van der Waals surface area contributed by atoms with Crippen molar-refractivity contribution in [3.05, 3.63) is 59.7 Å². The summed E-state index contributed by atoms with van der Waals surface area (Å²) >= 11 is 0. The molecule has 1 spiro atoms. The fourth-order valence-electron chi connectivity index (χ4n) is 5.54. The number of carbonyl (C=O) groups is 2. The summed E-state index contributed by atoms with van der Waals surface area (Å²) in [5.74, 6) is 1.86.